The van der Waals surface area contributed by atoms with Crippen molar-refractivity contribution >= 4 is 51.0 Å². The van der Waals surface area contributed by atoms with E-state index in [0.29, 0.717) is 5.02 Å². The number of hydrogen-bond donors (Lipinski definition) is 1. The molecule has 0 aromatic heterocycles. The quantitative estimate of drug-likeness (QED) is 0.400. The SMILES string of the molecule is O=C(CN(c1ccc(Cl)cc1Cl)S(=O)(=O)c1ccccc1)N/N=C\c1ccccc1F. The van der Waals surface area contributed by atoms with Gasteiger partial charge in [0.2, 0.25) is 0 Å². The van der Waals surface area contributed by atoms with Crippen molar-refractivity contribution < 1.29 is 17.6 Å². The van der Waals surface area contributed by atoms with E-state index in [2.05, 4.69) is 10.5 Å². The summed E-state index contributed by atoms with van der Waals surface area (Å²) in [5.41, 5.74) is 2.44. The van der Waals surface area contributed by atoms with Gasteiger partial charge < -0.3 is 0 Å². The standard InChI is InChI=1S/C21H16Cl2FN3O3S/c22-16-10-11-20(18(23)12-16)27(31(29,30)17-7-2-1-3-8-17)14-21(28)26-25-13-15-6-4-5-9-19(15)24/h1-13H,14H2,(H,26,28)/b25-13-. The number of benzene rings is 3. The molecular formula is C21H16Cl2FN3O3S. The Morgan fingerprint density at radius 2 is 1.71 bits per heavy atom. The Balaban J connectivity index is 1.88. The van der Waals surface area contributed by atoms with Gasteiger partial charge in [-0.25, -0.2) is 18.2 Å². The number of hydrazone groups is 1. The molecule has 160 valence electrons. The second-order valence-corrected chi connectivity index (χ2v) is 8.94. The fourth-order valence-electron chi connectivity index (χ4n) is 2.62. The molecule has 1 amide bonds. The molecule has 0 fully saturated rings. The average Bonchev–Trinajstić information content (AvgIpc) is 2.74. The minimum atomic E-state index is -4.14. The van der Waals surface area contributed by atoms with Crippen molar-refractivity contribution in [3.63, 3.8) is 0 Å². The molecular weight excluding hydrogens is 464 g/mol. The third kappa shape index (κ3) is 5.61. The fraction of sp³-hybridized carbons (Fsp3) is 0.0476. The molecule has 3 rings (SSSR count). The van der Waals surface area contributed by atoms with Gasteiger partial charge in [-0.3, -0.25) is 9.10 Å². The van der Waals surface area contributed by atoms with Gasteiger partial charge in [0, 0.05) is 10.6 Å². The van der Waals surface area contributed by atoms with Gasteiger partial charge in [0.15, 0.2) is 0 Å². The number of sulfonamides is 1. The van der Waals surface area contributed by atoms with Crippen LogP contribution in [0.3, 0.4) is 0 Å². The monoisotopic (exact) mass is 479 g/mol. The van der Waals surface area contributed by atoms with E-state index in [4.69, 9.17) is 23.2 Å². The lowest BCUT2D eigenvalue weighted by molar-refractivity contribution is -0.119. The Morgan fingerprint density at radius 1 is 1.03 bits per heavy atom. The van der Waals surface area contributed by atoms with Gasteiger partial charge in [-0.1, -0.05) is 59.6 Å². The number of halogens is 3. The molecule has 0 spiro atoms. The van der Waals surface area contributed by atoms with Crippen LogP contribution in [0.2, 0.25) is 10.0 Å². The van der Waals surface area contributed by atoms with Crippen LogP contribution in [0.25, 0.3) is 0 Å². The molecule has 0 heterocycles. The molecule has 6 nitrogen and oxygen atoms in total. The molecule has 1 N–H and O–H groups in total. The van der Waals surface area contributed by atoms with E-state index in [1.165, 1.54) is 48.5 Å². The lowest BCUT2D eigenvalue weighted by atomic mass is 10.2. The lowest BCUT2D eigenvalue weighted by Gasteiger charge is -2.24. The van der Waals surface area contributed by atoms with E-state index in [0.717, 1.165) is 10.5 Å². The first kappa shape index (κ1) is 22.7. The third-order valence-electron chi connectivity index (χ3n) is 4.09. The zero-order valence-corrected chi connectivity index (χ0v) is 18.2. The summed E-state index contributed by atoms with van der Waals surface area (Å²) < 4.78 is 40.9. The van der Waals surface area contributed by atoms with Gasteiger partial charge in [0.25, 0.3) is 15.9 Å². The van der Waals surface area contributed by atoms with Gasteiger partial charge in [0.05, 0.1) is 21.8 Å². The smallest absolute Gasteiger partial charge is 0.264 e. The molecule has 0 aliphatic carbocycles. The first-order chi connectivity index (χ1) is 14.8. The van der Waals surface area contributed by atoms with Crippen molar-refractivity contribution in [3.8, 4) is 0 Å². The Bertz CT molecular complexity index is 1220. The summed E-state index contributed by atoms with van der Waals surface area (Å²) in [7, 11) is -4.14. The predicted octanol–water partition coefficient (Wildman–Crippen LogP) is 4.48. The summed E-state index contributed by atoms with van der Waals surface area (Å²) >= 11 is 12.1. The maximum atomic E-state index is 13.6. The van der Waals surface area contributed by atoms with Crippen molar-refractivity contribution in [2.24, 2.45) is 5.10 Å². The second-order valence-electron chi connectivity index (χ2n) is 6.24. The topological polar surface area (TPSA) is 78.8 Å². The number of nitrogens with one attached hydrogen (secondary N) is 1. The van der Waals surface area contributed by atoms with Crippen LogP contribution in [0, 0.1) is 5.82 Å². The maximum absolute atomic E-state index is 13.6. The maximum Gasteiger partial charge on any atom is 0.264 e. The van der Waals surface area contributed by atoms with Crippen LogP contribution >= 0.6 is 23.2 Å². The molecule has 0 atom stereocenters. The number of rotatable bonds is 7. The lowest BCUT2D eigenvalue weighted by Crippen LogP contribution is -2.39. The summed E-state index contributed by atoms with van der Waals surface area (Å²) in [6.45, 7) is -0.618. The van der Waals surface area contributed by atoms with Gasteiger partial charge in [0.1, 0.15) is 12.4 Å². The molecule has 0 aliphatic heterocycles. The van der Waals surface area contributed by atoms with E-state index >= 15 is 0 Å². The molecule has 0 unspecified atom stereocenters. The van der Waals surface area contributed by atoms with Gasteiger partial charge >= 0.3 is 0 Å². The number of hydrogen-bond acceptors (Lipinski definition) is 4. The van der Waals surface area contributed by atoms with E-state index in [1.54, 1.807) is 24.3 Å². The molecule has 3 aromatic rings. The summed E-state index contributed by atoms with van der Waals surface area (Å²) in [6, 6.07) is 17.7. The van der Waals surface area contributed by atoms with Crippen molar-refractivity contribution in [1.82, 2.24) is 5.43 Å². The summed E-state index contributed by atoms with van der Waals surface area (Å²) in [4.78, 5) is 12.4. The highest BCUT2D eigenvalue weighted by atomic mass is 35.5. The van der Waals surface area contributed by atoms with Gasteiger partial charge in [-0.2, -0.15) is 5.10 Å². The van der Waals surface area contributed by atoms with Crippen LogP contribution in [-0.2, 0) is 14.8 Å². The van der Waals surface area contributed by atoms with Crippen LogP contribution < -0.4 is 9.73 Å². The van der Waals surface area contributed by atoms with Crippen LogP contribution in [0.1, 0.15) is 5.56 Å². The summed E-state index contributed by atoms with van der Waals surface area (Å²) in [6.07, 6.45) is 1.12. The Labute approximate surface area is 189 Å². The molecule has 0 aliphatic rings. The zero-order valence-electron chi connectivity index (χ0n) is 15.9. The van der Waals surface area contributed by atoms with Crippen LogP contribution in [-0.4, -0.2) is 27.1 Å². The van der Waals surface area contributed by atoms with Crippen LogP contribution in [0.5, 0.6) is 0 Å². The Hall–Kier alpha value is -2.94. The number of anilines is 1. The predicted molar refractivity (Wildman–Crippen MR) is 120 cm³/mol. The minimum absolute atomic E-state index is 0.0244. The first-order valence-corrected chi connectivity index (χ1v) is 11.1. The number of nitrogens with zero attached hydrogens (tertiary/aromatic N) is 2. The fourth-order valence-corrected chi connectivity index (χ4v) is 4.64. The van der Waals surface area contributed by atoms with Gasteiger partial charge in [-0.15, -0.1) is 0 Å². The number of amides is 1. The van der Waals surface area contributed by atoms with E-state index in [1.807, 2.05) is 0 Å². The van der Waals surface area contributed by atoms with Crippen LogP contribution in [0.4, 0.5) is 10.1 Å². The van der Waals surface area contributed by atoms with E-state index in [9.17, 15) is 17.6 Å². The van der Waals surface area contributed by atoms with Crippen molar-refractivity contribution in [3.05, 3.63) is 94.2 Å². The normalized spacial score (nSPS) is 11.5. The molecule has 0 bridgehead atoms. The first-order valence-electron chi connectivity index (χ1n) is 8.88. The van der Waals surface area contributed by atoms with E-state index < -0.39 is 28.3 Å². The molecule has 10 heteroatoms. The van der Waals surface area contributed by atoms with Crippen molar-refractivity contribution in [2.45, 2.75) is 4.90 Å². The van der Waals surface area contributed by atoms with Crippen LogP contribution in [0.15, 0.2) is 82.8 Å². The third-order valence-corrected chi connectivity index (χ3v) is 6.41. The highest BCUT2D eigenvalue weighted by molar-refractivity contribution is 7.92. The summed E-state index contributed by atoms with van der Waals surface area (Å²) in [5.74, 6) is -1.26. The Kier molecular flexibility index (Phi) is 7.27. The summed E-state index contributed by atoms with van der Waals surface area (Å²) in [5, 5.41) is 4.06. The minimum Gasteiger partial charge on any atom is -0.271 e. The highest BCUT2D eigenvalue weighted by Gasteiger charge is 2.28. The van der Waals surface area contributed by atoms with Crippen molar-refractivity contribution in [1.29, 1.82) is 0 Å². The number of carbonyl (C=O) groups is 1. The molecule has 0 saturated carbocycles. The average molecular weight is 480 g/mol. The van der Waals surface area contributed by atoms with E-state index in [-0.39, 0.29) is 21.2 Å². The van der Waals surface area contributed by atoms with Gasteiger partial charge in [-0.05, 0) is 36.4 Å². The van der Waals surface area contributed by atoms with Crippen molar-refractivity contribution in [2.75, 3.05) is 10.8 Å². The second kappa shape index (κ2) is 9.91. The zero-order chi connectivity index (χ0) is 22.4. The Morgan fingerprint density at radius 3 is 2.39 bits per heavy atom. The molecule has 31 heavy (non-hydrogen) atoms. The molecule has 3 aromatic carbocycles. The number of carbonyl (C=O) groups excluding carboxylic acids is 1. The highest BCUT2D eigenvalue weighted by Crippen LogP contribution is 2.32. The largest absolute Gasteiger partial charge is 0.271 e. The molecule has 0 saturated heterocycles. The molecule has 0 radical (unpaired) electrons.